The van der Waals surface area contributed by atoms with Crippen LogP contribution in [0, 0.1) is 0 Å². The third-order valence-electron chi connectivity index (χ3n) is 2.51. The molecule has 4 nitrogen and oxygen atoms in total. The largest absolute Gasteiger partial charge is 0.466 e. The molecule has 0 bridgehead atoms. The van der Waals surface area contributed by atoms with E-state index in [1.807, 2.05) is 0 Å². The van der Waals surface area contributed by atoms with Crippen LogP contribution >= 0.6 is 20.5 Å². The molecule has 6 heteroatoms. The van der Waals surface area contributed by atoms with Gasteiger partial charge in [-0.2, -0.15) is 12.6 Å². The van der Waals surface area contributed by atoms with Crippen molar-refractivity contribution in [2.45, 2.75) is 71.1 Å². The van der Waals surface area contributed by atoms with E-state index in [4.69, 9.17) is 19.2 Å². The molecule has 0 saturated carbocycles. The average Bonchev–Trinajstić information content (AvgIpc) is 2.25. The molecule has 0 amide bonds. The van der Waals surface area contributed by atoms with Crippen LogP contribution in [0.1, 0.15) is 71.1 Å². The van der Waals surface area contributed by atoms with E-state index in [2.05, 4.69) is 19.6 Å². The van der Waals surface area contributed by atoms with Gasteiger partial charge in [0.25, 0.3) is 0 Å². The van der Waals surface area contributed by atoms with Crippen LogP contribution in [-0.4, -0.2) is 20.4 Å². The summed E-state index contributed by atoms with van der Waals surface area (Å²) in [5.41, 5.74) is 0. The standard InChI is InChI=1S/C12H26S.H3O4P/c1-2-3-4-5-6-7-8-9-10-11-12-13;1-5(2,3)4/h13H,2-12H2,1H3;(H3,1,2,3,4). The second-order valence-corrected chi connectivity index (χ2v) is 5.89. The van der Waals surface area contributed by atoms with E-state index in [1.165, 1.54) is 64.2 Å². The van der Waals surface area contributed by atoms with Crippen LogP contribution in [0.25, 0.3) is 0 Å². The van der Waals surface area contributed by atoms with Gasteiger partial charge in [-0.25, -0.2) is 4.57 Å². The molecule has 0 radical (unpaired) electrons. The Balaban J connectivity index is 0. The van der Waals surface area contributed by atoms with Gasteiger partial charge in [0.2, 0.25) is 0 Å². The fourth-order valence-corrected chi connectivity index (χ4v) is 1.82. The van der Waals surface area contributed by atoms with E-state index in [0.29, 0.717) is 0 Å². The minimum atomic E-state index is -4.64. The fraction of sp³-hybridized carbons (Fsp3) is 1.00. The summed E-state index contributed by atoms with van der Waals surface area (Å²) in [5.74, 6) is 1.07. The molecule has 18 heavy (non-hydrogen) atoms. The van der Waals surface area contributed by atoms with Gasteiger partial charge < -0.3 is 14.7 Å². The van der Waals surface area contributed by atoms with E-state index in [9.17, 15) is 0 Å². The molecular weight excluding hydrogens is 271 g/mol. The Hall–Kier alpha value is 0.460. The summed E-state index contributed by atoms with van der Waals surface area (Å²) in [4.78, 5) is 21.6. The van der Waals surface area contributed by atoms with Gasteiger partial charge in [0, 0.05) is 0 Å². The number of unbranched alkanes of at least 4 members (excludes halogenated alkanes) is 9. The molecule has 0 spiro atoms. The Bertz CT molecular complexity index is 178. The molecule has 0 aliphatic heterocycles. The predicted molar refractivity (Wildman–Crippen MR) is 80.0 cm³/mol. The Morgan fingerprint density at radius 3 is 1.33 bits per heavy atom. The van der Waals surface area contributed by atoms with Gasteiger partial charge in [0.1, 0.15) is 0 Å². The first-order chi connectivity index (χ1) is 8.41. The lowest BCUT2D eigenvalue weighted by molar-refractivity contribution is 0.275. The summed E-state index contributed by atoms with van der Waals surface area (Å²) in [6.07, 6.45) is 14.2. The zero-order valence-corrected chi connectivity index (χ0v) is 13.2. The molecule has 0 aliphatic rings. The molecule has 0 aromatic rings. The maximum absolute atomic E-state index is 8.88. The van der Waals surface area contributed by atoms with E-state index in [1.54, 1.807) is 0 Å². The van der Waals surface area contributed by atoms with Crippen molar-refractivity contribution >= 4 is 20.5 Å². The number of phosphoric acid groups is 1. The highest BCUT2D eigenvalue weighted by Crippen LogP contribution is 2.25. The lowest BCUT2D eigenvalue weighted by atomic mass is 10.1. The predicted octanol–water partition coefficient (Wildman–Crippen LogP) is 3.91. The smallest absolute Gasteiger partial charge is 0.303 e. The molecule has 0 aliphatic carbocycles. The van der Waals surface area contributed by atoms with Gasteiger partial charge in [0.05, 0.1) is 0 Å². The highest BCUT2D eigenvalue weighted by molar-refractivity contribution is 7.80. The van der Waals surface area contributed by atoms with E-state index < -0.39 is 7.82 Å². The second kappa shape index (κ2) is 15.5. The van der Waals surface area contributed by atoms with Gasteiger partial charge in [-0.05, 0) is 12.2 Å². The molecule has 0 atom stereocenters. The molecule has 3 N–H and O–H groups in total. The van der Waals surface area contributed by atoms with Gasteiger partial charge in [-0.1, -0.05) is 64.7 Å². The van der Waals surface area contributed by atoms with Crippen LogP contribution in [0.4, 0.5) is 0 Å². The molecule has 0 aromatic heterocycles. The van der Waals surface area contributed by atoms with E-state index in [0.717, 1.165) is 5.75 Å². The average molecular weight is 300 g/mol. The minimum Gasteiger partial charge on any atom is -0.303 e. The highest BCUT2D eigenvalue weighted by Gasteiger charge is 2.00. The van der Waals surface area contributed by atoms with Gasteiger partial charge in [-0.3, -0.25) is 0 Å². The maximum atomic E-state index is 8.88. The molecule has 0 unspecified atom stereocenters. The van der Waals surface area contributed by atoms with Crippen LogP contribution < -0.4 is 0 Å². The third kappa shape index (κ3) is 36.0. The van der Waals surface area contributed by atoms with Gasteiger partial charge in [-0.15, -0.1) is 0 Å². The first kappa shape index (κ1) is 20.8. The number of rotatable bonds is 10. The zero-order chi connectivity index (χ0) is 14.3. The summed E-state index contributed by atoms with van der Waals surface area (Å²) in [7, 11) is -4.64. The molecule has 0 rings (SSSR count). The van der Waals surface area contributed by atoms with Gasteiger partial charge >= 0.3 is 7.82 Å². The summed E-state index contributed by atoms with van der Waals surface area (Å²) in [6.45, 7) is 2.28. The van der Waals surface area contributed by atoms with Crippen molar-refractivity contribution in [3.63, 3.8) is 0 Å². The van der Waals surface area contributed by atoms with Crippen molar-refractivity contribution in [2.24, 2.45) is 0 Å². The van der Waals surface area contributed by atoms with Crippen LogP contribution in [0.2, 0.25) is 0 Å². The third-order valence-corrected chi connectivity index (χ3v) is 2.83. The van der Waals surface area contributed by atoms with E-state index in [-0.39, 0.29) is 0 Å². The topological polar surface area (TPSA) is 77.8 Å². The molecule has 0 aromatic carbocycles. The minimum absolute atomic E-state index is 1.07. The van der Waals surface area contributed by atoms with Crippen LogP contribution in [0.3, 0.4) is 0 Å². The number of hydrogen-bond acceptors (Lipinski definition) is 2. The zero-order valence-electron chi connectivity index (χ0n) is 11.4. The highest BCUT2D eigenvalue weighted by atomic mass is 32.1. The van der Waals surface area contributed by atoms with Crippen molar-refractivity contribution in [1.29, 1.82) is 0 Å². The first-order valence-corrected chi connectivity index (χ1v) is 9.00. The van der Waals surface area contributed by atoms with Crippen molar-refractivity contribution in [2.75, 3.05) is 5.75 Å². The maximum Gasteiger partial charge on any atom is 0.466 e. The van der Waals surface area contributed by atoms with Crippen LogP contribution in [0.5, 0.6) is 0 Å². The molecule has 0 saturated heterocycles. The Kier molecular flexibility index (Phi) is 17.9. The van der Waals surface area contributed by atoms with Crippen molar-refractivity contribution in [3.05, 3.63) is 0 Å². The monoisotopic (exact) mass is 300 g/mol. The lowest BCUT2D eigenvalue weighted by Crippen LogP contribution is -1.81. The summed E-state index contributed by atoms with van der Waals surface area (Å²) < 4.78 is 8.88. The van der Waals surface area contributed by atoms with Crippen LogP contribution in [0.15, 0.2) is 0 Å². The lowest BCUT2D eigenvalue weighted by Gasteiger charge is -2.00. The summed E-state index contributed by atoms with van der Waals surface area (Å²) >= 11 is 4.20. The Labute approximate surface area is 117 Å². The first-order valence-electron chi connectivity index (χ1n) is 6.81. The number of hydrogen-bond donors (Lipinski definition) is 4. The SMILES string of the molecule is CCCCCCCCCCCCS.O=P(O)(O)O. The summed E-state index contributed by atoms with van der Waals surface area (Å²) in [5, 5.41) is 0. The van der Waals surface area contributed by atoms with Crippen LogP contribution in [-0.2, 0) is 4.57 Å². The van der Waals surface area contributed by atoms with Crippen molar-refractivity contribution in [3.8, 4) is 0 Å². The van der Waals surface area contributed by atoms with Crippen molar-refractivity contribution < 1.29 is 19.2 Å². The molecule has 0 heterocycles. The second-order valence-electron chi connectivity index (χ2n) is 4.42. The van der Waals surface area contributed by atoms with Gasteiger partial charge in [0.15, 0.2) is 0 Å². The normalized spacial score (nSPS) is 10.9. The molecular formula is C12H29O4PS. The Morgan fingerprint density at radius 2 is 1.06 bits per heavy atom. The number of thiol groups is 1. The molecule has 0 fully saturated rings. The fourth-order valence-electron chi connectivity index (χ4n) is 1.60. The Morgan fingerprint density at radius 1 is 0.778 bits per heavy atom. The quantitative estimate of drug-likeness (QED) is 0.280. The van der Waals surface area contributed by atoms with E-state index >= 15 is 0 Å². The summed E-state index contributed by atoms with van der Waals surface area (Å²) in [6, 6.07) is 0. The molecule has 112 valence electrons. The van der Waals surface area contributed by atoms with Crippen molar-refractivity contribution in [1.82, 2.24) is 0 Å².